The van der Waals surface area contributed by atoms with Crippen LogP contribution in [0.5, 0.6) is 0 Å². The van der Waals surface area contributed by atoms with Crippen molar-refractivity contribution in [2.75, 3.05) is 0 Å². The molecule has 0 fully saturated rings. The molecule has 0 aliphatic rings. The minimum atomic E-state index is -0.310. The summed E-state index contributed by atoms with van der Waals surface area (Å²) < 4.78 is 11.3. The molecule has 0 saturated heterocycles. The smallest absolute Gasteiger partial charge is 0.338 e. The SMILES string of the molecule is CCC(OC(=O)c1ccccc1)C(C)CC(C)C(C)OC(=O)c1ccccc1. The van der Waals surface area contributed by atoms with Crippen molar-refractivity contribution in [2.24, 2.45) is 11.8 Å². The van der Waals surface area contributed by atoms with E-state index in [0.29, 0.717) is 11.1 Å². The van der Waals surface area contributed by atoms with Gasteiger partial charge in [-0.2, -0.15) is 0 Å². The second-order valence-corrected chi connectivity index (χ2v) is 7.38. The van der Waals surface area contributed by atoms with Gasteiger partial charge in [0.25, 0.3) is 0 Å². The van der Waals surface area contributed by atoms with E-state index in [9.17, 15) is 9.59 Å². The summed E-state index contributed by atoms with van der Waals surface area (Å²) >= 11 is 0. The van der Waals surface area contributed by atoms with E-state index in [-0.39, 0.29) is 36.0 Å². The maximum Gasteiger partial charge on any atom is 0.338 e. The molecule has 0 aliphatic heterocycles. The van der Waals surface area contributed by atoms with E-state index in [4.69, 9.17) is 9.47 Å². The van der Waals surface area contributed by atoms with Gasteiger partial charge in [-0.05, 0) is 55.9 Å². The molecule has 0 N–H and O–H groups in total. The molecule has 2 aromatic carbocycles. The molecular formula is C24H30O4. The first-order chi connectivity index (χ1) is 13.4. The molecule has 4 atom stereocenters. The van der Waals surface area contributed by atoms with Gasteiger partial charge in [0.2, 0.25) is 0 Å². The summed E-state index contributed by atoms with van der Waals surface area (Å²) in [6.07, 6.45) is 1.14. The lowest BCUT2D eigenvalue weighted by Gasteiger charge is -2.28. The number of hydrogen-bond acceptors (Lipinski definition) is 4. The largest absolute Gasteiger partial charge is 0.459 e. The van der Waals surface area contributed by atoms with Crippen LogP contribution in [0.4, 0.5) is 0 Å². The van der Waals surface area contributed by atoms with Gasteiger partial charge in [0.15, 0.2) is 0 Å². The fraction of sp³-hybridized carbons (Fsp3) is 0.417. The third-order valence-electron chi connectivity index (χ3n) is 5.15. The van der Waals surface area contributed by atoms with E-state index < -0.39 is 0 Å². The second-order valence-electron chi connectivity index (χ2n) is 7.38. The predicted molar refractivity (Wildman–Crippen MR) is 110 cm³/mol. The molecule has 4 nitrogen and oxygen atoms in total. The minimum Gasteiger partial charge on any atom is -0.459 e. The van der Waals surface area contributed by atoms with Crippen LogP contribution < -0.4 is 0 Å². The number of hydrogen-bond donors (Lipinski definition) is 0. The quantitative estimate of drug-likeness (QED) is 0.535. The Morgan fingerprint density at radius 1 is 0.750 bits per heavy atom. The number of carbonyl (C=O) groups excluding carboxylic acids is 2. The maximum atomic E-state index is 12.3. The Morgan fingerprint density at radius 2 is 1.21 bits per heavy atom. The lowest BCUT2D eigenvalue weighted by atomic mass is 9.89. The topological polar surface area (TPSA) is 52.6 Å². The average Bonchev–Trinajstić information content (AvgIpc) is 2.72. The van der Waals surface area contributed by atoms with Crippen molar-refractivity contribution in [3.8, 4) is 0 Å². The first-order valence-electron chi connectivity index (χ1n) is 9.94. The molecule has 4 unspecified atom stereocenters. The summed E-state index contributed by atoms with van der Waals surface area (Å²) in [6.45, 7) is 8.07. The molecule has 4 heteroatoms. The fourth-order valence-electron chi connectivity index (χ4n) is 3.24. The number of esters is 2. The van der Waals surface area contributed by atoms with Crippen molar-refractivity contribution >= 4 is 11.9 Å². The highest BCUT2D eigenvalue weighted by Gasteiger charge is 2.26. The Hall–Kier alpha value is -2.62. The van der Waals surface area contributed by atoms with Crippen LogP contribution in [0.15, 0.2) is 60.7 Å². The predicted octanol–water partition coefficient (Wildman–Crippen LogP) is 5.53. The van der Waals surface area contributed by atoms with Crippen molar-refractivity contribution in [3.05, 3.63) is 71.8 Å². The summed E-state index contributed by atoms with van der Waals surface area (Å²) in [5.74, 6) is -0.302. The van der Waals surface area contributed by atoms with Crippen molar-refractivity contribution in [3.63, 3.8) is 0 Å². The van der Waals surface area contributed by atoms with E-state index in [0.717, 1.165) is 12.8 Å². The van der Waals surface area contributed by atoms with Gasteiger partial charge in [-0.3, -0.25) is 0 Å². The molecule has 28 heavy (non-hydrogen) atoms. The molecule has 2 rings (SSSR count). The van der Waals surface area contributed by atoms with Gasteiger partial charge in [0, 0.05) is 0 Å². The Kier molecular flexibility index (Phi) is 8.24. The number of ether oxygens (including phenoxy) is 2. The lowest BCUT2D eigenvalue weighted by Crippen LogP contribution is -2.30. The highest BCUT2D eigenvalue weighted by Crippen LogP contribution is 2.24. The molecule has 0 aliphatic carbocycles. The number of benzene rings is 2. The van der Waals surface area contributed by atoms with Crippen LogP contribution in [0, 0.1) is 11.8 Å². The summed E-state index contributed by atoms with van der Waals surface area (Å²) in [6, 6.07) is 18.0. The monoisotopic (exact) mass is 382 g/mol. The summed E-state index contributed by atoms with van der Waals surface area (Å²) in [4.78, 5) is 24.6. The van der Waals surface area contributed by atoms with E-state index >= 15 is 0 Å². The molecule has 150 valence electrons. The van der Waals surface area contributed by atoms with Gasteiger partial charge in [-0.15, -0.1) is 0 Å². The second kappa shape index (κ2) is 10.6. The molecule has 0 saturated carbocycles. The van der Waals surface area contributed by atoms with E-state index in [1.165, 1.54) is 0 Å². The van der Waals surface area contributed by atoms with Crippen LogP contribution in [-0.4, -0.2) is 24.1 Å². The Balaban J connectivity index is 1.89. The highest BCUT2D eigenvalue weighted by atomic mass is 16.5. The highest BCUT2D eigenvalue weighted by molar-refractivity contribution is 5.89. The van der Waals surface area contributed by atoms with Crippen molar-refractivity contribution < 1.29 is 19.1 Å². The standard InChI is InChI=1S/C24H30O4/c1-5-22(28-24(26)21-14-10-7-11-15-21)18(3)16-17(2)19(4)27-23(25)20-12-8-6-9-13-20/h6-15,17-19,22H,5,16H2,1-4H3. The maximum absolute atomic E-state index is 12.3. The Morgan fingerprint density at radius 3 is 1.68 bits per heavy atom. The Labute approximate surface area is 167 Å². The first-order valence-corrected chi connectivity index (χ1v) is 9.94. The normalized spacial score (nSPS) is 15.1. The van der Waals surface area contributed by atoms with E-state index in [1.54, 1.807) is 24.3 Å². The lowest BCUT2D eigenvalue weighted by molar-refractivity contribution is 0.000815. The van der Waals surface area contributed by atoms with Gasteiger partial charge in [-0.1, -0.05) is 57.2 Å². The third kappa shape index (κ3) is 6.22. The van der Waals surface area contributed by atoms with E-state index in [2.05, 4.69) is 13.8 Å². The Bertz CT molecular complexity index is 742. The molecule has 0 radical (unpaired) electrons. The van der Waals surface area contributed by atoms with Gasteiger partial charge in [-0.25, -0.2) is 9.59 Å². The summed E-state index contributed by atoms with van der Waals surface area (Å²) in [5.41, 5.74) is 1.11. The molecule has 0 amide bonds. The molecular weight excluding hydrogens is 352 g/mol. The third-order valence-corrected chi connectivity index (χ3v) is 5.15. The van der Waals surface area contributed by atoms with Gasteiger partial charge in [0.1, 0.15) is 12.2 Å². The minimum absolute atomic E-state index is 0.145. The van der Waals surface area contributed by atoms with Gasteiger partial charge >= 0.3 is 11.9 Å². The molecule has 0 heterocycles. The van der Waals surface area contributed by atoms with Crippen molar-refractivity contribution in [1.29, 1.82) is 0 Å². The summed E-state index contributed by atoms with van der Waals surface area (Å²) in [7, 11) is 0. The average molecular weight is 383 g/mol. The van der Waals surface area contributed by atoms with Crippen LogP contribution in [-0.2, 0) is 9.47 Å². The van der Waals surface area contributed by atoms with Crippen LogP contribution in [0.1, 0.15) is 61.3 Å². The first kappa shape index (κ1) is 21.7. The summed E-state index contributed by atoms with van der Waals surface area (Å²) in [5, 5.41) is 0. The zero-order valence-electron chi connectivity index (χ0n) is 17.1. The van der Waals surface area contributed by atoms with Crippen LogP contribution in [0.3, 0.4) is 0 Å². The number of carbonyl (C=O) groups is 2. The molecule has 2 aromatic rings. The van der Waals surface area contributed by atoms with Gasteiger partial charge in [0.05, 0.1) is 11.1 Å². The molecule has 0 spiro atoms. The van der Waals surface area contributed by atoms with E-state index in [1.807, 2.05) is 50.2 Å². The van der Waals surface area contributed by atoms with Crippen LogP contribution in [0.25, 0.3) is 0 Å². The van der Waals surface area contributed by atoms with Crippen molar-refractivity contribution in [1.82, 2.24) is 0 Å². The van der Waals surface area contributed by atoms with Crippen molar-refractivity contribution in [2.45, 2.75) is 52.7 Å². The molecule has 0 aromatic heterocycles. The zero-order chi connectivity index (χ0) is 20.5. The molecule has 0 bridgehead atoms. The van der Waals surface area contributed by atoms with Crippen LogP contribution >= 0.6 is 0 Å². The number of rotatable bonds is 9. The fourth-order valence-corrected chi connectivity index (χ4v) is 3.24. The zero-order valence-corrected chi connectivity index (χ0v) is 17.1. The van der Waals surface area contributed by atoms with Gasteiger partial charge < -0.3 is 9.47 Å². The van der Waals surface area contributed by atoms with Crippen LogP contribution in [0.2, 0.25) is 0 Å².